The number of nitrogen functional groups attached to an aromatic ring is 1. The van der Waals surface area contributed by atoms with E-state index >= 15 is 0 Å². The molecule has 14 heavy (non-hydrogen) atoms. The molecule has 74 valence electrons. The summed E-state index contributed by atoms with van der Waals surface area (Å²) < 4.78 is 52.3. The molecular weight excluding hydrogens is 193 g/mol. The van der Waals surface area contributed by atoms with Crippen molar-refractivity contribution in [2.45, 2.75) is 12.6 Å². The maximum Gasteiger partial charge on any atom is 0.416 e. The van der Waals surface area contributed by atoms with Crippen LogP contribution in [0.3, 0.4) is 0 Å². The molecule has 0 aliphatic rings. The largest absolute Gasteiger partial charge is 0.416 e. The summed E-state index contributed by atoms with van der Waals surface area (Å²) in [4.78, 5) is 0. The molecule has 5 heteroatoms. The summed E-state index contributed by atoms with van der Waals surface area (Å²) in [5.74, 6) is 0. The Morgan fingerprint density at radius 1 is 1.57 bits per heavy atom. The van der Waals surface area contributed by atoms with Gasteiger partial charge in [-0.25, -0.2) is 0 Å². The van der Waals surface area contributed by atoms with Crippen LogP contribution in [-0.4, -0.2) is 0 Å². The third-order valence-corrected chi connectivity index (χ3v) is 1.54. The lowest BCUT2D eigenvalue weighted by Gasteiger charge is -2.11. The van der Waals surface area contributed by atoms with E-state index in [1.165, 1.54) is 0 Å². The average Bonchev–Trinajstić information content (AvgIpc) is 2.12. The van der Waals surface area contributed by atoms with Crippen LogP contribution in [0.5, 0.6) is 0 Å². The number of hydrogen-bond acceptors (Lipinski definition) is 2. The molecule has 0 unspecified atom stereocenters. The van der Waals surface area contributed by atoms with E-state index in [0.717, 1.165) is 6.07 Å². The third kappa shape index (κ3) is 2.16. The molecule has 0 radical (unpaired) electrons. The molecule has 1 rings (SSSR count). The number of halogens is 3. The molecule has 0 aliphatic heterocycles. The van der Waals surface area contributed by atoms with Crippen LogP contribution in [0.2, 0.25) is 0 Å². The number of nitriles is 1. The van der Waals surface area contributed by atoms with E-state index in [4.69, 9.17) is 13.7 Å². The highest BCUT2D eigenvalue weighted by molar-refractivity contribution is 5.46. The van der Waals surface area contributed by atoms with Crippen LogP contribution in [-0.2, 0) is 12.6 Å². The van der Waals surface area contributed by atoms with Gasteiger partial charge in [0.1, 0.15) is 0 Å². The topological polar surface area (TPSA) is 49.8 Å². The summed E-state index contributed by atoms with van der Waals surface area (Å²) in [7, 11) is 0. The third-order valence-electron chi connectivity index (χ3n) is 1.54. The van der Waals surface area contributed by atoms with E-state index in [1.807, 2.05) is 0 Å². The van der Waals surface area contributed by atoms with Crippen molar-refractivity contribution in [3.63, 3.8) is 0 Å². The van der Waals surface area contributed by atoms with E-state index in [1.54, 1.807) is 6.07 Å². The Morgan fingerprint density at radius 2 is 2.21 bits per heavy atom. The lowest BCUT2D eigenvalue weighted by atomic mass is 10.0. The molecular formula is C9H7F3N2. The van der Waals surface area contributed by atoms with Gasteiger partial charge < -0.3 is 5.73 Å². The highest BCUT2D eigenvalue weighted by Crippen LogP contribution is 2.33. The molecule has 0 spiro atoms. The number of nitrogens with two attached hydrogens (primary N) is 1. The standard InChI is InChI=1S/C9H7F3N2/c10-9(11,12)8-5-7(14)2-1-6(8)3-4-13/h1-2,5H,3,14H2/i2D,5D. The second-order valence-corrected chi connectivity index (χ2v) is 2.56. The van der Waals surface area contributed by atoms with Crippen molar-refractivity contribution >= 4 is 5.69 Å². The van der Waals surface area contributed by atoms with Crippen molar-refractivity contribution in [3.8, 4) is 6.07 Å². The highest BCUT2D eigenvalue weighted by Gasteiger charge is 2.33. The average molecular weight is 202 g/mol. The molecule has 0 aliphatic carbocycles. The second-order valence-electron chi connectivity index (χ2n) is 2.56. The van der Waals surface area contributed by atoms with Gasteiger partial charge in [-0.15, -0.1) is 0 Å². The summed E-state index contributed by atoms with van der Waals surface area (Å²) in [5.41, 5.74) is 3.03. The summed E-state index contributed by atoms with van der Waals surface area (Å²) >= 11 is 0. The maximum absolute atomic E-state index is 12.6. The quantitative estimate of drug-likeness (QED) is 0.710. The molecule has 1 aromatic rings. The minimum absolute atomic E-state index is 0.372. The van der Waals surface area contributed by atoms with Gasteiger partial charge in [-0.2, -0.15) is 18.4 Å². The number of alkyl halides is 3. The van der Waals surface area contributed by atoms with E-state index in [9.17, 15) is 13.2 Å². The van der Waals surface area contributed by atoms with Crippen molar-refractivity contribution in [3.05, 3.63) is 29.3 Å². The van der Waals surface area contributed by atoms with Gasteiger partial charge in [0.25, 0.3) is 0 Å². The Balaban J connectivity index is 3.56. The van der Waals surface area contributed by atoms with Gasteiger partial charge in [0.15, 0.2) is 0 Å². The van der Waals surface area contributed by atoms with Gasteiger partial charge in [0, 0.05) is 5.69 Å². The predicted octanol–water partition coefficient (Wildman–Crippen LogP) is 2.35. The fourth-order valence-corrected chi connectivity index (χ4v) is 0.966. The first-order chi connectivity index (χ1) is 7.29. The van der Waals surface area contributed by atoms with Gasteiger partial charge in [-0.3, -0.25) is 0 Å². The molecule has 0 atom stereocenters. The Labute approximate surface area is 81.6 Å². The fourth-order valence-electron chi connectivity index (χ4n) is 0.966. The summed E-state index contributed by atoms with van der Waals surface area (Å²) in [6, 6.07) is 1.13. The summed E-state index contributed by atoms with van der Waals surface area (Å²) in [5, 5.41) is 8.39. The Bertz CT molecular complexity index is 463. The van der Waals surface area contributed by atoms with Crippen LogP contribution in [0.1, 0.15) is 13.9 Å². The lowest BCUT2D eigenvalue weighted by Crippen LogP contribution is -2.09. The van der Waals surface area contributed by atoms with Crippen LogP contribution in [0, 0.1) is 11.3 Å². The lowest BCUT2D eigenvalue weighted by molar-refractivity contribution is -0.138. The molecule has 0 amide bonds. The monoisotopic (exact) mass is 202 g/mol. The molecule has 0 heterocycles. The summed E-state index contributed by atoms with van der Waals surface area (Å²) in [6.45, 7) is 0. The van der Waals surface area contributed by atoms with Crippen LogP contribution in [0.25, 0.3) is 0 Å². The Morgan fingerprint density at radius 3 is 2.71 bits per heavy atom. The zero-order chi connectivity index (χ0) is 12.5. The smallest absolute Gasteiger partial charge is 0.399 e. The minimum Gasteiger partial charge on any atom is -0.399 e. The van der Waals surface area contributed by atoms with E-state index in [-0.39, 0.29) is 11.6 Å². The number of rotatable bonds is 1. The van der Waals surface area contributed by atoms with Gasteiger partial charge >= 0.3 is 6.18 Å². The Kier molecular flexibility index (Phi) is 1.96. The highest BCUT2D eigenvalue weighted by atomic mass is 19.4. The molecule has 0 fully saturated rings. The summed E-state index contributed by atoms with van der Waals surface area (Å²) in [6.07, 6.45) is -5.25. The van der Waals surface area contributed by atoms with Crippen molar-refractivity contribution < 1.29 is 15.9 Å². The second kappa shape index (κ2) is 3.58. The first-order valence-corrected chi connectivity index (χ1v) is 3.61. The molecule has 0 saturated carbocycles. The van der Waals surface area contributed by atoms with E-state index in [2.05, 4.69) is 0 Å². The van der Waals surface area contributed by atoms with Gasteiger partial charge in [0.05, 0.1) is 20.8 Å². The number of anilines is 1. The van der Waals surface area contributed by atoms with Crippen LogP contribution < -0.4 is 5.73 Å². The molecule has 0 saturated heterocycles. The minimum atomic E-state index is -4.74. The zero-order valence-corrected chi connectivity index (χ0v) is 6.94. The van der Waals surface area contributed by atoms with Crippen molar-refractivity contribution in [1.82, 2.24) is 0 Å². The van der Waals surface area contributed by atoms with Gasteiger partial charge in [-0.05, 0) is 17.6 Å². The van der Waals surface area contributed by atoms with Crippen LogP contribution in [0.15, 0.2) is 18.2 Å². The molecule has 1 aromatic carbocycles. The van der Waals surface area contributed by atoms with Crippen LogP contribution in [0.4, 0.5) is 18.9 Å². The first kappa shape index (κ1) is 7.68. The van der Waals surface area contributed by atoms with Crippen LogP contribution >= 0.6 is 0 Å². The normalized spacial score (nSPS) is 13.0. The fraction of sp³-hybridized carbons (Fsp3) is 0.222. The SMILES string of the molecule is [2H]c1cc(CC#N)c(C(F)(F)F)c([2H])c1N. The first-order valence-electron chi connectivity index (χ1n) is 4.61. The van der Waals surface area contributed by atoms with Gasteiger partial charge in [-0.1, -0.05) is 6.07 Å². The Hall–Kier alpha value is -1.70. The number of nitrogens with zero attached hydrogens (tertiary/aromatic N) is 1. The molecule has 0 bridgehead atoms. The van der Waals surface area contributed by atoms with Crippen molar-refractivity contribution in [2.75, 3.05) is 5.73 Å². The predicted molar refractivity (Wildman–Crippen MR) is 45.2 cm³/mol. The number of hydrogen-bond donors (Lipinski definition) is 1. The molecule has 2 N–H and O–H groups in total. The van der Waals surface area contributed by atoms with E-state index < -0.39 is 29.9 Å². The molecule has 0 aromatic heterocycles. The van der Waals surface area contributed by atoms with Crippen molar-refractivity contribution in [1.29, 1.82) is 5.26 Å². The zero-order valence-electron chi connectivity index (χ0n) is 8.94. The van der Waals surface area contributed by atoms with Crippen molar-refractivity contribution in [2.24, 2.45) is 0 Å². The number of benzene rings is 1. The van der Waals surface area contributed by atoms with E-state index in [0.29, 0.717) is 0 Å². The molecule has 2 nitrogen and oxygen atoms in total. The van der Waals surface area contributed by atoms with Gasteiger partial charge in [0.2, 0.25) is 0 Å². The maximum atomic E-state index is 12.6.